The quantitative estimate of drug-likeness (QED) is 0.851. The maximum Gasteiger partial charge on any atom is 0.231 e. The number of anilines is 2. The zero-order valence-electron chi connectivity index (χ0n) is 11.4. The first-order chi connectivity index (χ1) is 9.11. The molecular weight excluding hydrogens is 266 g/mol. The van der Waals surface area contributed by atoms with Gasteiger partial charge in [-0.25, -0.2) is 0 Å². The summed E-state index contributed by atoms with van der Waals surface area (Å²) in [4.78, 5) is 16.7. The van der Waals surface area contributed by atoms with Crippen molar-refractivity contribution in [3.8, 4) is 0 Å². The number of hydrogen-bond acceptors (Lipinski definition) is 6. The molecule has 0 spiro atoms. The van der Waals surface area contributed by atoms with Gasteiger partial charge in [-0.3, -0.25) is 0 Å². The summed E-state index contributed by atoms with van der Waals surface area (Å²) in [6.07, 6.45) is 4.23. The number of aliphatic hydroxyl groups is 1. The minimum atomic E-state index is 0.169. The molecule has 7 heteroatoms. The lowest BCUT2D eigenvalue weighted by molar-refractivity contribution is 0.282. The van der Waals surface area contributed by atoms with Crippen LogP contribution in [0.3, 0.4) is 0 Å². The second-order valence-corrected chi connectivity index (χ2v) is 5.29. The Labute approximate surface area is 118 Å². The molecule has 0 atom stereocenters. The zero-order valence-corrected chi connectivity index (χ0v) is 12.1. The minimum absolute atomic E-state index is 0.169. The van der Waals surface area contributed by atoms with E-state index in [-0.39, 0.29) is 11.9 Å². The Balaban J connectivity index is 2.24. The summed E-state index contributed by atoms with van der Waals surface area (Å²) in [5, 5.41) is 9.23. The predicted molar refractivity (Wildman–Crippen MR) is 75.9 cm³/mol. The standard InChI is InChI=1S/C12H20ClN5O/c1-17(2)11-14-10(13)15-12(16-11)18(7-4-8-19)9-5-3-6-9/h9,19H,3-8H2,1-2H3. The number of aromatic nitrogens is 3. The minimum Gasteiger partial charge on any atom is -0.396 e. The van der Waals surface area contributed by atoms with Crippen molar-refractivity contribution in [2.45, 2.75) is 31.7 Å². The summed E-state index contributed by atoms with van der Waals surface area (Å²) in [7, 11) is 3.74. The van der Waals surface area contributed by atoms with E-state index in [9.17, 15) is 0 Å². The molecule has 1 aromatic heterocycles. The lowest BCUT2D eigenvalue weighted by Crippen LogP contribution is -2.42. The molecule has 2 rings (SSSR count). The molecule has 1 aromatic rings. The fourth-order valence-electron chi connectivity index (χ4n) is 2.04. The van der Waals surface area contributed by atoms with Crippen molar-refractivity contribution in [2.24, 2.45) is 0 Å². The molecule has 0 aromatic carbocycles. The molecule has 1 aliphatic rings. The fraction of sp³-hybridized carbons (Fsp3) is 0.750. The molecule has 0 unspecified atom stereocenters. The number of aliphatic hydroxyl groups excluding tert-OH is 1. The van der Waals surface area contributed by atoms with Crippen molar-refractivity contribution in [2.75, 3.05) is 37.0 Å². The molecule has 106 valence electrons. The average molecular weight is 286 g/mol. The smallest absolute Gasteiger partial charge is 0.231 e. The Morgan fingerprint density at radius 3 is 2.42 bits per heavy atom. The monoisotopic (exact) mass is 285 g/mol. The van der Waals surface area contributed by atoms with Crippen molar-refractivity contribution in [1.82, 2.24) is 15.0 Å². The van der Waals surface area contributed by atoms with Crippen LogP contribution in [0, 0.1) is 0 Å². The number of nitrogens with zero attached hydrogens (tertiary/aromatic N) is 5. The molecule has 1 heterocycles. The lowest BCUT2D eigenvalue weighted by Gasteiger charge is -2.37. The van der Waals surface area contributed by atoms with E-state index < -0.39 is 0 Å². The summed E-state index contributed by atoms with van der Waals surface area (Å²) >= 11 is 5.97. The molecule has 1 N–H and O–H groups in total. The number of hydrogen-bond donors (Lipinski definition) is 1. The van der Waals surface area contributed by atoms with Crippen molar-refractivity contribution >= 4 is 23.5 Å². The summed E-state index contributed by atoms with van der Waals surface area (Å²) < 4.78 is 0. The Morgan fingerprint density at radius 1 is 1.21 bits per heavy atom. The molecule has 0 amide bonds. The van der Waals surface area contributed by atoms with Crippen LogP contribution in [-0.4, -0.2) is 53.3 Å². The Hall–Kier alpha value is -1.14. The normalized spacial score (nSPS) is 15.2. The topological polar surface area (TPSA) is 65.4 Å². The lowest BCUT2D eigenvalue weighted by atomic mass is 9.91. The summed E-state index contributed by atoms with van der Waals surface area (Å²) in [6, 6.07) is 0.458. The Morgan fingerprint density at radius 2 is 1.89 bits per heavy atom. The van der Waals surface area contributed by atoms with E-state index in [1.54, 1.807) is 0 Å². The van der Waals surface area contributed by atoms with Crippen molar-refractivity contribution < 1.29 is 5.11 Å². The molecule has 0 bridgehead atoms. The SMILES string of the molecule is CN(C)c1nc(Cl)nc(N(CCCO)C2CCC2)n1. The van der Waals surface area contributed by atoms with Gasteiger partial charge in [0.05, 0.1) is 0 Å². The van der Waals surface area contributed by atoms with Crippen LogP contribution in [0.25, 0.3) is 0 Å². The van der Waals surface area contributed by atoms with E-state index >= 15 is 0 Å². The van der Waals surface area contributed by atoms with Crippen LogP contribution < -0.4 is 9.80 Å². The van der Waals surface area contributed by atoms with Crippen molar-refractivity contribution in [3.63, 3.8) is 0 Å². The fourth-order valence-corrected chi connectivity index (χ4v) is 2.19. The van der Waals surface area contributed by atoms with Gasteiger partial charge in [0.25, 0.3) is 0 Å². The maximum atomic E-state index is 9.02. The third kappa shape index (κ3) is 3.45. The molecule has 19 heavy (non-hydrogen) atoms. The van der Waals surface area contributed by atoms with E-state index in [0.29, 0.717) is 24.4 Å². The molecule has 1 aliphatic carbocycles. The van der Waals surface area contributed by atoms with E-state index in [4.69, 9.17) is 16.7 Å². The van der Waals surface area contributed by atoms with E-state index in [2.05, 4.69) is 19.9 Å². The first-order valence-electron chi connectivity index (χ1n) is 6.58. The third-order valence-electron chi connectivity index (χ3n) is 3.31. The molecule has 0 aliphatic heterocycles. The van der Waals surface area contributed by atoms with Gasteiger partial charge in [-0.1, -0.05) is 0 Å². The van der Waals surface area contributed by atoms with Gasteiger partial charge in [0.2, 0.25) is 17.2 Å². The molecular formula is C12H20ClN5O. The van der Waals surface area contributed by atoms with Crippen LogP contribution in [0.2, 0.25) is 5.28 Å². The van der Waals surface area contributed by atoms with Gasteiger partial charge in [-0.05, 0) is 37.3 Å². The first kappa shape index (κ1) is 14.3. The second-order valence-electron chi connectivity index (χ2n) is 4.95. The van der Waals surface area contributed by atoms with Crippen LogP contribution in [0.5, 0.6) is 0 Å². The molecule has 1 saturated carbocycles. The van der Waals surface area contributed by atoms with Crippen molar-refractivity contribution in [1.29, 1.82) is 0 Å². The van der Waals surface area contributed by atoms with Crippen LogP contribution in [-0.2, 0) is 0 Å². The number of rotatable bonds is 6. The molecule has 0 radical (unpaired) electrons. The Bertz CT molecular complexity index is 425. The highest BCUT2D eigenvalue weighted by Gasteiger charge is 2.27. The number of halogens is 1. The van der Waals surface area contributed by atoms with Gasteiger partial charge in [0.1, 0.15) is 0 Å². The maximum absolute atomic E-state index is 9.02. The highest BCUT2D eigenvalue weighted by molar-refractivity contribution is 6.28. The molecule has 6 nitrogen and oxygen atoms in total. The third-order valence-corrected chi connectivity index (χ3v) is 3.48. The van der Waals surface area contributed by atoms with Crippen molar-refractivity contribution in [3.05, 3.63) is 5.28 Å². The zero-order chi connectivity index (χ0) is 13.8. The summed E-state index contributed by atoms with van der Waals surface area (Å²) in [5.74, 6) is 1.17. The van der Waals surface area contributed by atoms with Gasteiger partial charge in [0, 0.05) is 33.3 Å². The summed E-state index contributed by atoms with van der Waals surface area (Å²) in [5.41, 5.74) is 0. The van der Waals surface area contributed by atoms with Crippen LogP contribution in [0.15, 0.2) is 0 Å². The Kier molecular flexibility index (Phi) is 4.76. The van der Waals surface area contributed by atoms with Gasteiger partial charge >= 0.3 is 0 Å². The van der Waals surface area contributed by atoms with Gasteiger partial charge < -0.3 is 14.9 Å². The van der Waals surface area contributed by atoms with Gasteiger partial charge in [-0.15, -0.1) is 0 Å². The molecule has 0 saturated heterocycles. The van der Waals surface area contributed by atoms with Crippen LogP contribution in [0.1, 0.15) is 25.7 Å². The highest BCUT2D eigenvalue weighted by Crippen LogP contribution is 2.28. The van der Waals surface area contributed by atoms with Gasteiger partial charge in [-0.2, -0.15) is 15.0 Å². The molecule has 1 fully saturated rings. The largest absolute Gasteiger partial charge is 0.396 e. The van der Waals surface area contributed by atoms with E-state index in [0.717, 1.165) is 19.4 Å². The second kappa shape index (κ2) is 6.34. The van der Waals surface area contributed by atoms with Crippen LogP contribution >= 0.6 is 11.6 Å². The highest BCUT2D eigenvalue weighted by atomic mass is 35.5. The first-order valence-corrected chi connectivity index (χ1v) is 6.96. The average Bonchev–Trinajstić information content (AvgIpc) is 2.31. The van der Waals surface area contributed by atoms with Crippen LogP contribution in [0.4, 0.5) is 11.9 Å². The summed E-state index contributed by atoms with van der Waals surface area (Å²) in [6.45, 7) is 0.914. The van der Waals surface area contributed by atoms with E-state index in [1.807, 2.05) is 19.0 Å². The van der Waals surface area contributed by atoms with E-state index in [1.165, 1.54) is 6.42 Å². The van der Waals surface area contributed by atoms with Gasteiger partial charge in [0.15, 0.2) is 0 Å². The predicted octanol–water partition coefficient (Wildman–Crippen LogP) is 1.33.